The van der Waals surface area contributed by atoms with Gasteiger partial charge in [0.1, 0.15) is 5.82 Å². The van der Waals surface area contributed by atoms with Crippen LogP contribution in [0.2, 0.25) is 0 Å². The minimum atomic E-state index is -0.164. The lowest BCUT2D eigenvalue weighted by molar-refractivity contribution is 0.332. The highest BCUT2D eigenvalue weighted by Crippen LogP contribution is 2.21. The van der Waals surface area contributed by atoms with Gasteiger partial charge in [-0.1, -0.05) is 49.5 Å². The molecule has 1 rings (SSSR count). The van der Waals surface area contributed by atoms with Crippen LogP contribution in [0.25, 0.3) is 0 Å². The molecule has 0 aliphatic rings. The Kier molecular flexibility index (Phi) is 7.62. The third kappa shape index (κ3) is 5.62. The molecule has 0 spiro atoms. The quantitative estimate of drug-likeness (QED) is 0.712. The van der Waals surface area contributed by atoms with Crippen molar-refractivity contribution in [1.82, 2.24) is 5.32 Å². The molecule has 0 aliphatic heterocycles. The zero-order valence-electron chi connectivity index (χ0n) is 12.2. The maximum absolute atomic E-state index is 13.4. The molecule has 3 heteroatoms. The van der Waals surface area contributed by atoms with Crippen molar-refractivity contribution >= 4 is 15.9 Å². The maximum Gasteiger partial charge on any atom is 0.124 e. The number of nitrogens with one attached hydrogen (secondary N) is 1. The molecule has 0 saturated carbocycles. The zero-order chi connectivity index (χ0) is 14.3. The van der Waals surface area contributed by atoms with E-state index in [0.29, 0.717) is 12.0 Å². The van der Waals surface area contributed by atoms with Crippen molar-refractivity contribution in [3.8, 4) is 0 Å². The maximum atomic E-state index is 13.4. The third-order valence-electron chi connectivity index (χ3n) is 3.65. The molecule has 0 amide bonds. The molecule has 1 aromatic carbocycles. The lowest BCUT2D eigenvalue weighted by atomic mass is 9.89. The van der Waals surface area contributed by atoms with Gasteiger partial charge in [-0.2, -0.15) is 0 Å². The highest BCUT2D eigenvalue weighted by atomic mass is 79.9. The fourth-order valence-corrected chi connectivity index (χ4v) is 3.09. The molecule has 1 aromatic rings. The number of rotatable bonds is 8. The summed E-state index contributed by atoms with van der Waals surface area (Å²) in [5.41, 5.74) is 1.06. The molecule has 0 heterocycles. The van der Waals surface area contributed by atoms with Gasteiger partial charge in [0.05, 0.1) is 0 Å². The van der Waals surface area contributed by atoms with E-state index in [-0.39, 0.29) is 5.82 Å². The lowest BCUT2D eigenvalue weighted by Gasteiger charge is -2.26. The molecule has 1 unspecified atom stereocenters. The van der Waals surface area contributed by atoms with Gasteiger partial charge >= 0.3 is 0 Å². The number of halogens is 2. The van der Waals surface area contributed by atoms with Gasteiger partial charge in [0, 0.05) is 10.5 Å². The average Bonchev–Trinajstić information content (AvgIpc) is 2.35. The second-order valence-corrected chi connectivity index (χ2v) is 6.03. The summed E-state index contributed by atoms with van der Waals surface area (Å²) in [4.78, 5) is 0. The van der Waals surface area contributed by atoms with Crippen molar-refractivity contribution in [3.05, 3.63) is 34.1 Å². The minimum absolute atomic E-state index is 0.164. The van der Waals surface area contributed by atoms with E-state index < -0.39 is 0 Å². The summed E-state index contributed by atoms with van der Waals surface area (Å²) in [7, 11) is 0. The number of hydrogen-bond acceptors (Lipinski definition) is 1. The topological polar surface area (TPSA) is 12.0 Å². The second kappa shape index (κ2) is 8.70. The van der Waals surface area contributed by atoms with Crippen molar-refractivity contribution in [2.75, 3.05) is 6.54 Å². The predicted octanol–water partition coefficient (Wildman–Crippen LogP) is 4.94. The molecule has 1 atom stereocenters. The van der Waals surface area contributed by atoms with Crippen molar-refractivity contribution < 1.29 is 4.39 Å². The molecule has 0 saturated heterocycles. The monoisotopic (exact) mass is 329 g/mol. The van der Waals surface area contributed by atoms with Crippen LogP contribution in [0.4, 0.5) is 4.39 Å². The largest absolute Gasteiger partial charge is 0.313 e. The number of hydrogen-bond donors (Lipinski definition) is 1. The van der Waals surface area contributed by atoms with Crippen LogP contribution >= 0.6 is 15.9 Å². The Bertz CT molecular complexity index is 357. The Morgan fingerprint density at radius 1 is 1.16 bits per heavy atom. The molecule has 1 N–H and O–H groups in total. The molecule has 0 aromatic heterocycles. The van der Waals surface area contributed by atoms with Crippen molar-refractivity contribution in [2.24, 2.45) is 5.92 Å². The van der Waals surface area contributed by atoms with Crippen molar-refractivity contribution in [3.63, 3.8) is 0 Å². The summed E-state index contributed by atoms with van der Waals surface area (Å²) in [6, 6.07) is 5.61. The normalized spacial score (nSPS) is 12.9. The minimum Gasteiger partial charge on any atom is -0.313 e. The Labute approximate surface area is 125 Å². The molecular weight excluding hydrogens is 305 g/mol. The van der Waals surface area contributed by atoms with Crippen LogP contribution in [0.1, 0.15) is 45.6 Å². The Hall–Kier alpha value is -0.410. The van der Waals surface area contributed by atoms with Gasteiger partial charge in [-0.3, -0.25) is 0 Å². The van der Waals surface area contributed by atoms with Gasteiger partial charge in [0.15, 0.2) is 0 Å². The third-order valence-corrected chi connectivity index (χ3v) is 4.11. The van der Waals surface area contributed by atoms with Crippen LogP contribution in [0.5, 0.6) is 0 Å². The van der Waals surface area contributed by atoms with E-state index >= 15 is 0 Å². The lowest BCUT2D eigenvalue weighted by Crippen LogP contribution is -2.38. The summed E-state index contributed by atoms with van der Waals surface area (Å²) >= 11 is 3.37. The first-order chi connectivity index (χ1) is 9.10. The van der Waals surface area contributed by atoms with E-state index in [1.165, 1.54) is 6.07 Å². The van der Waals surface area contributed by atoms with E-state index in [1.54, 1.807) is 6.07 Å². The van der Waals surface area contributed by atoms with Crippen LogP contribution < -0.4 is 5.32 Å². The van der Waals surface area contributed by atoms with Crippen LogP contribution in [-0.4, -0.2) is 12.6 Å². The molecule has 19 heavy (non-hydrogen) atoms. The highest BCUT2D eigenvalue weighted by Gasteiger charge is 2.18. The van der Waals surface area contributed by atoms with Gasteiger partial charge in [0.2, 0.25) is 0 Å². The summed E-state index contributed by atoms with van der Waals surface area (Å²) < 4.78 is 14.3. The Morgan fingerprint density at radius 3 is 2.37 bits per heavy atom. The first-order valence-corrected chi connectivity index (χ1v) is 8.08. The molecule has 1 nitrogen and oxygen atoms in total. The molecule has 0 aliphatic carbocycles. The van der Waals surface area contributed by atoms with Gasteiger partial charge in [0.25, 0.3) is 0 Å². The van der Waals surface area contributed by atoms with Crippen molar-refractivity contribution in [2.45, 2.75) is 52.5 Å². The van der Waals surface area contributed by atoms with Crippen LogP contribution in [0.15, 0.2) is 22.7 Å². The van der Waals surface area contributed by atoms with Crippen LogP contribution in [0.3, 0.4) is 0 Å². The van der Waals surface area contributed by atoms with Gasteiger partial charge < -0.3 is 5.32 Å². The SMILES string of the molecule is CCCNC(Cc1cc(F)cc(Br)c1)C(CC)CC. The van der Waals surface area contributed by atoms with Crippen LogP contribution in [-0.2, 0) is 6.42 Å². The van der Waals surface area contributed by atoms with Crippen LogP contribution in [0, 0.1) is 11.7 Å². The van der Waals surface area contributed by atoms with E-state index in [2.05, 4.69) is 42.0 Å². The summed E-state index contributed by atoms with van der Waals surface area (Å²) in [5.74, 6) is 0.483. The Morgan fingerprint density at radius 2 is 1.84 bits per heavy atom. The van der Waals surface area contributed by atoms with E-state index in [0.717, 1.165) is 42.3 Å². The number of benzene rings is 1. The fraction of sp³-hybridized carbons (Fsp3) is 0.625. The average molecular weight is 330 g/mol. The van der Waals surface area contributed by atoms with Crippen molar-refractivity contribution in [1.29, 1.82) is 0 Å². The molecule has 0 bridgehead atoms. The Balaban J connectivity index is 2.80. The molecule has 108 valence electrons. The van der Waals surface area contributed by atoms with Gasteiger partial charge in [-0.15, -0.1) is 0 Å². The predicted molar refractivity (Wildman–Crippen MR) is 84.0 cm³/mol. The molecule has 0 radical (unpaired) electrons. The standard InChI is InChI=1S/C16H25BrFN/c1-4-7-19-16(13(5-2)6-3)10-12-8-14(17)11-15(18)9-12/h8-9,11,13,16,19H,4-7,10H2,1-3H3. The zero-order valence-corrected chi connectivity index (χ0v) is 13.8. The van der Waals surface area contributed by atoms with Gasteiger partial charge in [-0.25, -0.2) is 4.39 Å². The van der Waals surface area contributed by atoms with E-state index in [4.69, 9.17) is 0 Å². The molecular formula is C16H25BrFN. The molecule has 0 fully saturated rings. The smallest absolute Gasteiger partial charge is 0.124 e. The highest BCUT2D eigenvalue weighted by molar-refractivity contribution is 9.10. The summed E-state index contributed by atoms with van der Waals surface area (Å²) in [6.07, 6.45) is 4.34. The summed E-state index contributed by atoms with van der Waals surface area (Å²) in [5, 5.41) is 3.62. The first kappa shape index (κ1) is 16.6. The summed E-state index contributed by atoms with van der Waals surface area (Å²) in [6.45, 7) is 7.67. The van der Waals surface area contributed by atoms with E-state index in [9.17, 15) is 4.39 Å². The second-order valence-electron chi connectivity index (χ2n) is 5.12. The first-order valence-electron chi connectivity index (χ1n) is 7.29. The van der Waals surface area contributed by atoms with E-state index in [1.807, 2.05) is 6.07 Å². The van der Waals surface area contributed by atoms with Gasteiger partial charge in [-0.05, 0) is 49.1 Å². The fourth-order valence-electron chi connectivity index (χ4n) is 2.58.